The molecular formula is C18H23NO2. The van der Waals surface area contributed by atoms with E-state index in [1.807, 2.05) is 37.3 Å². The summed E-state index contributed by atoms with van der Waals surface area (Å²) in [5.74, 6) is 0.0770. The Balaban J connectivity index is 1.71. The summed E-state index contributed by atoms with van der Waals surface area (Å²) >= 11 is 0. The minimum Gasteiger partial charge on any atom is -0.279 e. The van der Waals surface area contributed by atoms with E-state index in [1.54, 1.807) is 0 Å². The molecule has 1 saturated carbocycles. The number of imide groups is 1. The number of carbonyl (C=O) groups excluding carboxylic acids is 2. The highest BCUT2D eigenvalue weighted by atomic mass is 16.2. The molecule has 21 heavy (non-hydrogen) atoms. The van der Waals surface area contributed by atoms with Gasteiger partial charge in [-0.1, -0.05) is 43.2 Å². The number of hydrogen-bond donors (Lipinski definition) is 0. The summed E-state index contributed by atoms with van der Waals surface area (Å²) in [6, 6.07) is 10.0. The topological polar surface area (TPSA) is 37.4 Å². The van der Waals surface area contributed by atoms with Gasteiger partial charge in [0.1, 0.15) is 0 Å². The van der Waals surface area contributed by atoms with E-state index in [0.717, 1.165) is 19.3 Å². The maximum Gasteiger partial charge on any atom is 0.229 e. The lowest BCUT2D eigenvalue weighted by Crippen LogP contribution is -2.51. The Labute approximate surface area is 126 Å². The van der Waals surface area contributed by atoms with Crippen LogP contribution in [0.4, 0.5) is 0 Å². The number of rotatable bonds is 3. The molecule has 3 nitrogen and oxygen atoms in total. The third kappa shape index (κ3) is 2.87. The number of likely N-dealkylation sites (tertiary alicyclic amines) is 1. The van der Waals surface area contributed by atoms with E-state index in [4.69, 9.17) is 0 Å². The second-order valence-corrected chi connectivity index (χ2v) is 6.76. The van der Waals surface area contributed by atoms with E-state index in [1.165, 1.54) is 23.3 Å². The number of hydrogen-bond acceptors (Lipinski definition) is 2. The third-order valence-corrected chi connectivity index (χ3v) is 5.07. The molecule has 1 aromatic carbocycles. The van der Waals surface area contributed by atoms with Crippen LogP contribution in [0.15, 0.2) is 30.3 Å². The molecule has 1 aromatic rings. The van der Waals surface area contributed by atoms with Crippen molar-refractivity contribution < 1.29 is 9.59 Å². The van der Waals surface area contributed by atoms with Crippen molar-refractivity contribution in [2.24, 2.45) is 5.41 Å². The zero-order valence-corrected chi connectivity index (χ0v) is 12.7. The van der Waals surface area contributed by atoms with Crippen LogP contribution in [-0.2, 0) is 16.0 Å². The molecule has 0 bridgehead atoms. The summed E-state index contributed by atoms with van der Waals surface area (Å²) in [6.45, 7) is 1.98. The van der Waals surface area contributed by atoms with Crippen LogP contribution in [0, 0.1) is 5.41 Å². The summed E-state index contributed by atoms with van der Waals surface area (Å²) in [6.07, 6.45) is 6.30. The summed E-state index contributed by atoms with van der Waals surface area (Å²) in [5, 5.41) is 0. The normalized spacial score (nSPS) is 22.8. The highest BCUT2D eigenvalue weighted by Gasteiger charge is 2.46. The fourth-order valence-corrected chi connectivity index (χ4v) is 4.03. The Bertz CT molecular complexity index is 511. The van der Waals surface area contributed by atoms with Crippen molar-refractivity contribution in [3.63, 3.8) is 0 Å². The van der Waals surface area contributed by atoms with Gasteiger partial charge >= 0.3 is 0 Å². The van der Waals surface area contributed by atoms with Gasteiger partial charge in [0.15, 0.2) is 0 Å². The average molecular weight is 285 g/mol. The molecule has 2 amide bonds. The smallest absolute Gasteiger partial charge is 0.229 e. The molecule has 1 heterocycles. The minimum atomic E-state index is -0.0499. The van der Waals surface area contributed by atoms with E-state index in [2.05, 4.69) is 0 Å². The molecule has 2 fully saturated rings. The van der Waals surface area contributed by atoms with Crippen LogP contribution >= 0.6 is 0 Å². The molecule has 112 valence electrons. The van der Waals surface area contributed by atoms with Gasteiger partial charge in [-0.3, -0.25) is 14.5 Å². The van der Waals surface area contributed by atoms with Gasteiger partial charge in [-0.05, 0) is 37.2 Å². The Hall–Kier alpha value is -1.64. The monoisotopic (exact) mass is 285 g/mol. The standard InChI is InChI=1S/C18H23NO2/c1-14(11-15-7-3-2-4-8-15)19-16(20)12-18(13-17(19)21)9-5-6-10-18/h2-4,7-8,14H,5-6,9-13H2,1H3/t14-/m1/s1. The number of carbonyl (C=O) groups is 2. The fraction of sp³-hybridized carbons (Fsp3) is 0.556. The molecule has 1 aliphatic heterocycles. The minimum absolute atomic E-state index is 0.00284. The predicted octanol–water partition coefficient (Wildman–Crippen LogP) is 3.33. The molecule has 0 aromatic heterocycles. The van der Waals surface area contributed by atoms with Crippen molar-refractivity contribution in [2.75, 3.05) is 0 Å². The Kier molecular flexibility index (Phi) is 3.83. The van der Waals surface area contributed by atoms with Gasteiger partial charge in [0.05, 0.1) is 0 Å². The van der Waals surface area contributed by atoms with Gasteiger partial charge in [0, 0.05) is 18.9 Å². The van der Waals surface area contributed by atoms with Crippen molar-refractivity contribution in [1.29, 1.82) is 0 Å². The van der Waals surface area contributed by atoms with E-state index in [-0.39, 0.29) is 23.3 Å². The molecule has 3 heteroatoms. The SMILES string of the molecule is C[C@H](Cc1ccccc1)N1C(=O)CC2(CCCC2)CC1=O. The summed E-state index contributed by atoms with van der Waals surface area (Å²) < 4.78 is 0. The van der Waals surface area contributed by atoms with Crippen molar-refractivity contribution in [1.82, 2.24) is 4.90 Å². The van der Waals surface area contributed by atoms with Crippen molar-refractivity contribution in [3.8, 4) is 0 Å². The summed E-state index contributed by atoms with van der Waals surface area (Å²) in [4.78, 5) is 26.5. The van der Waals surface area contributed by atoms with Crippen LogP contribution in [0.1, 0.15) is 51.0 Å². The zero-order valence-electron chi connectivity index (χ0n) is 12.7. The van der Waals surface area contributed by atoms with Crippen LogP contribution in [0.5, 0.6) is 0 Å². The van der Waals surface area contributed by atoms with Crippen LogP contribution in [0.25, 0.3) is 0 Å². The van der Waals surface area contributed by atoms with Crippen molar-refractivity contribution >= 4 is 11.8 Å². The molecule has 0 unspecified atom stereocenters. The predicted molar refractivity (Wildman–Crippen MR) is 81.6 cm³/mol. The fourth-order valence-electron chi connectivity index (χ4n) is 4.03. The first-order chi connectivity index (χ1) is 10.1. The molecule has 0 radical (unpaired) electrons. The maximum atomic E-state index is 12.5. The third-order valence-electron chi connectivity index (χ3n) is 5.07. The first kappa shape index (κ1) is 14.3. The highest BCUT2D eigenvalue weighted by molar-refractivity contribution is 5.99. The molecule has 2 aliphatic rings. The molecular weight excluding hydrogens is 262 g/mol. The lowest BCUT2D eigenvalue weighted by molar-refractivity contribution is -0.155. The molecule has 1 spiro atoms. The first-order valence-electron chi connectivity index (χ1n) is 7.98. The van der Waals surface area contributed by atoms with Gasteiger partial charge in [-0.15, -0.1) is 0 Å². The second kappa shape index (κ2) is 5.63. The second-order valence-electron chi connectivity index (χ2n) is 6.76. The van der Waals surface area contributed by atoms with Crippen molar-refractivity contribution in [3.05, 3.63) is 35.9 Å². The summed E-state index contributed by atoms with van der Waals surface area (Å²) in [7, 11) is 0. The molecule has 3 rings (SSSR count). The lowest BCUT2D eigenvalue weighted by Gasteiger charge is -2.39. The van der Waals surface area contributed by atoms with E-state index < -0.39 is 0 Å². The molecule has 1 aliphatic carbocycles. The summed E-state index contributed by atoms with van der Waals surface area (Å²) in [5.41, 5.74) is 1.17. The average Bonchev–Trinajstić information content (AvgIpc) is 2.86. The van der Waals surface area contributed by atoms with Crippen LogP contribution in [0.2, 0.25) is 0 Å². The van der Waals surface area contributed by atoms with Gasteiger partial charge in [0.25, 0.3) is 0 Å². The largest absolute Gasteiger partial charge is 0.279 e. The Morgan fingerprint density at radius 3 is 2.19 bits per heavy atom. The van der Waals surface area contributed by atoms with Crippen LogP contribution < -0.4 is 0 Å². The molecule has 1 atom stereocenters. The maximum absolute atomic E-state index is 12.5. The number of piperidine rings is 1. The number of amides is 2. The van der Waals surface area contributed by atoms with Crippen molar-refractivity contribution in [2.45, 2.75) is 57.9 Å². The Morgan fingerprint density at radius 2 is 1.62 bits per heavy atom. The van der Waals surface area contributed by atoms with Gasteiger partial charge in [0.2, 0.25) is 11.8 Å². The lowest BCUT2D eigenvalue weighted by atomic mass is 9.76. The first-order valence-corrected chi connectivity index (χ1v) is 7.98. The molecule has 0 N–H and O–H groups in total. The highest BCUT2D eigenvalue weighted by Crippen LogP contribution is 2.47. The van der Waals surface area contributed by atoms with E-state index >= 15 is 0 Å². The number of benzene rings is 1. The van der Waals surface area contributed by atoms with Gasteiger partial charge < -0.3 is 0 Å². The van der Waals surface area contributed by atoms with Crippen LogP contribution in [0.3, 0.4) is 0 Å². The van der Waals surface area contributed by atoms with Crippen LogP contribution in [-0.4, -0.2) is 22.8 Å². The van der Waals surface area contributed by atoms with Gasteiger partial charge in [-0.25, -0.2) is 0 Å². The van der Waals surface area contributed by atoms with E-state index in [9.17, 15) is 9.59 Å². The molecule has 1 saturated heterocycles. The number of nitrogens with zero attached hydrogens (tertiary/aromatic N) is 1. The van der Waals surface area contributed by atoms with Gasteiger partial charge in [-0.2, -0.15) is 0 Å². The van der Waals surface area contributed by atoms with E-state index in [0.29, 0.717) is 12.8 Å². The quantitative estimate of drug-likeness (QED) is 0.799. The Morgan fingerprint density at radius 1 is 1.05 bits per heavy atom. The zero-order chi connectivity index (χ0) is 14.9.